The fourth-order valence-corrected chi connectivity index (χ4v) is 3.87. The average Bonchev–Trinajstić information content (AvgIpc) is 3.05. The molecule has 2 heterocycles. The Kier molecular flexibility index (Phi) is 4.24. The van der Waals surface area contributed by atoms with Crippen LogP contribution in [0.3, 0.4) is 0 Å². The van der Waals surface area contributed by atoms with Gasteiger partial charge in [0.15, 0.2) is 0 Å². The van der Waals surface area contributed by atoms with Crippen molar-refractivity contribution in [3.05, 3.63) is 23.7 Å². The zero-order chi connectivity index (χ0) is 13.1. The molecule has 1 aromatic heterocycles. The molecule has 0 spiro atoms. The molecule has 0 bridgehead atoms. The van der Waals surface area contributed by atoms with Gasteiger partial charge in [0.1, 0.15) is 5.76 Å². The number of likely N-dealkylation sites (tertiary alicyclic amines) is 1. The van der Waals surface area contributed by atoms with Crippen LogP contribution in [0.15, 0.2) is 16.7 Å². The first-order valence-corrected chi connectivity index (χ1v) is 7.88. The quantitative estimate of drug-likeness (QED) is 0.883. The van der Waals surface area contributed by atoms with Gasteiger partial charge in [-0.15, -0.1) is 0 Å². The highest BCUT2D eigenvalue weighted by Crippen LogP contribution is 2.37. The molecule has 3 heteroatoms. The van der Waals surface area contributed by atoms with Crippen LogP contribution in [-0.2, 0) is 13.1 Å². The smallest absolute Gasteiger partial charge is 0.122 e. The predicted octanol–water partition coefficient (Wildman–Crippen LogP) is 3.15. The molecule has 0 amide bonds. The van der Waals surface area contributed by atoms with E-state index < -0.39 is 0 Å². The molecule has 0 aromatic carbocycles. The lowest BCUT2D eigenvalue weighted by molar-refractivity contribution is 0.105. The van der Waals surface area contributed by atoms with E-state index in [-0.39, 0.29) is 0 Å². The molecule has 1 N–H and O–H groups in total. The molecule has 1 aliphatic heterocycles. The Labute approximate surface area is 116 Å². The largest absolute Gasteiger partial charge is 0.468 e. The van der Waals surface area contributed by atoms with E-state index in [2.05, 4.69) is 23.2 Å². The van der Waals surface area contributed by atoms with Gasteiger partial charge in [-0.2, -0.15) is 0 Å². The summed E-state index contributed by atoms with van der Waals surface area (Å²) in [5, 5.41) is 3.36. The Morgan fingerprint density at radius 3 is 3.11 bits per heavy atom. The van der Waals surface area contributed by atoms with E-state index >= 15 is 0 Å². The second kappa shape index (κ2) is 6.10. The van der Waals surface area contributed by atoms with Crippen molar-refractivity contribution in [2.75, 3.05) is 13.1 Å². The summed E-state index contributed by atoms with van der Waals surface area (Å²) in [6.07, 6.45) is 8.97. The molecule has 2 unspecified atom stereocenters. The maximum Gasteiger partial charge on any atom is 0.122 e. The molecule has 1 aliphatic carbocycles. The Hall–Kier alpha value is -0.800. The minimum absolute atomic E-state index is 0.843. The molecule has 106 valence electrons. The summed E-state index contributed by atoms with van der Waals surface area (Å²) in [5.41, 5.74) is 1.38. The number of rotatable bonds is 5. The number of nitrogens with zero attached hydrogens (tertiary/aromatic N) is 1. The van der Waals surface area contributed by atoms with Crippen LogP contribution in [0.2, 0.25) is 0 Å². The van der Waals surface area contributed by atoms with Crippen LogP contribution in [0.5, 0.6) is 0 Å². The molecule has 1 aromatic rings. The standard InChI is InChI=1S/C16H26N2O/c1-2-17-11-16-14(8-10-19-16)12-18-9-4-6-13-5-3-7-15(13)18/h8,10,13,15,17H,2-7,9,11-12H2,1H3. The number of piperidine rings is 1. The van der Waals surface area contributed by atoms with E-state index in [9.17, 15) is 0 Å². The lowest BCUT2D eigenvalue weighted by atomic mass is 9.91. The van der Waals surface area contributed by atoms with Crippen LogP contribution < -0.4 is 5.32 Å². The van der Waals surface area contributed by atoms with Crippen LogP contribution in [-0.4, -0.2) is 24.0 Å². The van der Waals surface area contributed by atoms with Crippen molar-refractivity contribution >= 4 is 0 Å². The summed E-state index contributed by atoms with van der Waals surface area (Å²) in [6.45, 7) is 6.34. The summed E-state index contributed by atoms with van der Waals surface area (Å²) in [7, 11) is 0. The normalized spacial score (nSPS) is 27.6. The SMILES string of the molecule is CCNCc1occc1CN1CCCC2CCCC21. The third-order valence-corrected chi connectivity index (χ3v) is 4.85. The molecule has 2 atom stereocenters. The molecule has 3 rings (SSSR count). The highest BCUT2D eigenvalue weighted by atomic mass is 16.3. The van der Waals surface area contributed by atoms with Crippen LogP contribution in [0.25, 0.3) is 0 Å². The van der Waals surface area contributed by atoms with E-state index in [1.165, 1.54) is 44.2 Å². The van der Waals surface area contributed by atoms with Crippen molar-refractivity contribution in [1.29, 1.82) is 0 Å². The molecule has 1 saturated heterocycles. The zero-order valence-corrected chi connectivity index (χ0v) is 12.0. The number of furan rings is 1. The van der Waals surface area contributed by atoms with Crippen molar-refractivity contribution in [3.63, 3.8) is 0 Å². The van der Waals surface area contributed by atoms with Gasteiger partial charge in [0.25, 0.3) is 0 Å². The van der Waals surface area contributed by atoms with Crippen molar-refractivity contribution in [3.8, 4) is 0 Å². The van der Waals surface area contributed by atoms with Gasteiger partial charge in [-0.1, -0.05) is 13.3 Å². The number of fused-ring (bicyclic) bond motifs is 1. The lowest BCUT2D eigenvalue weighted by Crippen LogP contribution is -2.42. The summed E-state index contributed by atoms with van der Waals surface area (Å²) in [4.78, 5) is 2.71. The van der Waals surface area contributed by atoms with Crippen LogP contribution in [0, 0.1) is 5.92 Å². The summed E-state index contributed by atoms with van der Waals surface area (Å²) >= 11 is 0. The number of nitrogens with one attached hydrogen (secondary N) is 1. The Bertz CT molecular complexity index is 401. The van der Waals surface area contributed by atoms with Gasteiger partial charge in [0.05, 0.1) is 12.8 Å². The molecule has 3 nitrogen and oxygen atoms in total. The van der Waals surface area contributed by atoms with Crippen LogP contribution in [0.1, 0.15) is 50.4 Å². The van der Waals surface area contributed by atoms with Gasteiger partial charge in [-0.05, 0) is 50.8 Å². The first kappa shape index (κ1) is 13.2. The molecule has 1 saturated carbocycles. The van der Waals surface area contributed by atoms with Crippen molar-refractivity contribution in [1.82, 2.24) is 10.2 Å². The third kappa shape index (κ3) is 2.87. The second-order valence-corrected chi connectivity index (χ2v) is 6.02. The van der Waals surface area contributed by atoms with E-state index in [4.69, 9.17) is 4.42 Å². The Balaban J connectivity index is 1.65. The molecule has 0 radical (unpaired) electrons. The van der Waals surface area contributed by atoms with Gasteiger partial charge >= 0.3 is 0 Å². The van der Waals surface area contributed by atoms with Gasteiger partial charge < -0.3 is 9.73 Å². The highest BCUT2D eigenvalue weighted by molar-refractivity contribution is 5.17. The maximum atomic E-state index is 5.63. The van der Waals surface area contributed by atoms with Gasteiger partial charge in [0.2, 0.25) is 0 Å². The molecular weight excluding hydrogens is 236 g/mol. The van der Waals surface area contributed by atoms with E-state index in [0.717, 1.165) is 37.4 Å². The van der Waals surface area contributed by atoms with Crippen molar-refractivity contribution < 1.29 is 4.42 Å². The predicted molar refractivity (Wildman–Crippen MR) is 76.9 cm³/mol. The Morgan fingerprint density at radius 2 is 2.21 bits per heavy atom. The number of hydrogen-bond donors (Lipinski definition) is 1. The monoisotopic (exact) mass is 262 g/mol. The Morgan fingerprint density at radius 1 is 1.32 bits per heavy atom. The minimum atomic E-state index is 0.843. The van der Waals surface area contributed by atoms with Crippen LogP contribution >= 0.6 is 0 Å². The first-order chi connectivity index (χ1) is 9.38. The van der Waals surface area contributed by atoms with Gasteiger partial charge in [-0.3, -0.25) is 4.90 Å². The second-order valence-electron chi connectivity index (χ2n) is 6.02. The third-order valence-electron chi connectivity index (χ3n) is 4.85. The van der Waals surface area contributed by atoms with E-state index in [0.29, 0.717) is 0 Å². The lowest BCUT2D eigenvalue weighted by Gasteiger charge is -2.37. The molecule has 19 heavy (non-hydrogen) atoms. The molecule has 2 aliphatic rings. The average molecular weight is 262 g/mol. The summed E-state index contributed by atoms with van der Waals surface area (Å²) in [5.74, 6) is 2.10. The molecule has 2 fully saturated rings. The van der Waals surface area contributed by atoms with E-state index in [1.54, 1.807) is 0 Å². The highest BCUT2D eigenvalue weighted by Gasteiger charge is 2.35. The minimum Gasteiger partial charge on any atom is -0.468 e. The van der Waals surface area contributed by atoms with Gasteiger partial charge in [-0.25, -0.2) is 0 Å². The van der Waals surface area contributed by atoms with E-state index in [1.807, 2.05) is 6.26 Å². The fourth-order valence-electron chi connectivity index (χ4n) is 3.87. The molecular formula is C16H26N2O. The van der Waals surface area contributed by atoms with Gasteiger partial charge in [0, 0.05) is 18.2 Å². The fraction of sp³-hybridized carbons (Fsp3) is 0.750. The van der Waals surface area contributed by atoms with Crippen molar-refractivity contribution in [2.24, 2.45) is 5.92 Å². The zero-order valence-electron chi connectivity index (χ0n) is 12.0. The summed E-state index contributed by atoms with van der Waals surface area (Å²) in [6, 6.07) is 3.00. The number of hydrogen-bond acceptors (Lipinski definition) is 3. The van der Waals surface area contributed by atoms with Crippen molar-refractivity contribution in [2.45, 2.75) is 58.2 Å². The van der Waals surface area contributed by atoms with Crippen LogP contribution in [0.4, 0.5) is 0 Å². The first-order valence-electron chi connectivity index (χ1n) is 7.88. The topological polar surface area (TPSA) is 28.4 Å². The maximum absolute atomic E-state index is 5.63. The summed E-state index contributed by atoms with van der Waals surface area (Å²) < 4.78 is 5.63.